The Balaban J connectivity index is 0.000000214. The SMILES string of the molecule is Cc1ccc(-c2ccc(C#N)cc2Cl)c2ncc(F)cc12.O=C(O)CNC(=O)c1c(Cl)cccc1Cl. The van der Waals surface area contributed by atoms with Crippen molar-refractivity contribution >= 4 is 57.6 Å². The second-order valence-corrected chi connectivity index (χ2v) is 8.68. The van der Waals surface area contributed by atoms with Crippen LogP contribution in [0.25, 0.3) is 22.0 Å². The van der Waals surface area contributed by atoms with Crippen molar-refractivity contribution < 1.29 is 19.1 Å². The average molecular weight is 545 g/mol. The number of carboxylic acid groups (broad SMARTS) is 1. The zero-order valence-electron chi connectivity index (χ0n) is 18.7. The van der Waals surface area contributed by atoms with Gasteiger partial charge in [0.25, 0.3) is 5.91 Å². The van der Waals surface area contributed by atoms with Crippen molar-refractivity contribution in [1.82, 2.24) is 10.3 Å². The Kier molecular flexibility index (Phi) is 8.83. The molecule has 182 valence electrons. The third-order valence-electron chi connectivity index (χ3n) is 5.01. The van der Waals surface area contributed by atoms with Crippen molar-refractivity contribution in [3.05, 3.63) is 98.4 Å². The van der Waals surface area contributed by atoms with Crippen LogP contribution in [-0.4, -0.2) is 28.5 Å². The average Bonchev–Trinajstić information content (AvgIpc) is 2.84. The normalized spacial score (nSPS) is 10.2. The summed E-state index contributed by atoms with van der Waals surface area (Å²) >= 11 is 17.8. The van der Waals surface area contributed by atoms with Crippen LogP contribution in [0.15, 0.2) is 60.8 Å². The molecule has 0 aliphatic heterocycles. The number of benzene rings is 3. The molecule has 0 spiro atoms. The first-order chi connectivity index (χ1) is 17.1. The molecule has 2 N–H and O–H groups in total. The second kappa shape index (κ2) is 11.8. The molecule has 0 aliphatic rings. The van der Waals surface area contributed by atoms with Crippen LogP contribution >= 0.6 is 34.8 Å². The molecule has 0 bridgehead atoms. The first-order valence-corrected chi connectivity index (χ1v) is 11.4. The maximum absolute atomic E-state index is 13.4. The molecule has 0 atom stereocenters. The van der Waals surface area contributed by atoms with Gasteiger partial charge in [0, 0.05) is 21.5 Å². The first kappa shape index (κ1) is 26.9. The lowest BCUT2D eigenvalue weighted by molar-refractivity contribution is -0.135. The number of pyridine rings is 1. The lowest BCUT2D eigenvalue weighted by Crippen LogP contribution is -2.29. The lowest BCUT2D eigenvalue weighted by Gasteiger charge is -2.10. The van der Waals surface area contributed by atoms with E-state index in [0.29, 0.717) is 16.1 Å². The summed E-state index contributed by atoms with van der Waals surface area (Å²) < 4.78 is 13.4. The summed E-state index contributed by atoms with van der Waals surface area (Å²) in [4.78, 5) is 25.9. The summed E-state index contributed by atoms with van der Waals surface area (Å²) in [7, 11) is 0. The highest BCUT2D eigenvalue weighted by Gasteiger charge is 2.15. The fourth-order valence-corrected chi connectivity index (χ4v) is 4.16. The molecule has 1 heterocycles. The highest BCUT2D eigenvalue weighted by molar-refractivity contribution is 6.39. The molecule has 0 radical (unpaired) electrons. The molecule has 4 rings (SSSR count). The fraction of sp³-hybridized carbons (Fsp3) is 0.0769. The van der Waals surface area contributed by atoms with Crippen molar-refractivity contribution in [3.8, 4) is 17.2 Å². The van der Waals surface area contributed by atoms with Crippen molar-refractivity contribution in [2.45, 2.75) is 6.92 Å². The van der Waals surface area contributed by atoms with E-state index in [-0.39, 0.29) is 21.4 Å². The third kappa shape index (κ3) is 6.29. The van der Waals surface area contributed by atoms with Gasteiger partial charge in [-0.3, -0.25) is 14.6 Å². The monoisotopic (exact) mass is 543 g/mol. The van der Waals surface area contributed by atoms with Gasteiger partial charge in [0.1, 0.15) is 12.4 Å². The number of amides is 1. The molecular formula is C26H17Cl3FN3O3. The Labute approximate surface area is 220 Å². The van der Waals surface area contributed by atoms with Crippen molar-refractivity contribution in [2.75, 3.05) is 6.54 Å². The second-order valence-electron chi connectivity index (χ2n) is 7.46. The van der Waals surface area contributed by atoms with Crippen molar-refractivity contribution in [1.29, 1.82) is 5.26 Å². The van der Waals surface area contributed by atoms with Crippen LogP contribution < -0.4 is 5.32 Å². The fourth-order valence-electron chi connectivity index (χ4n) is 3.31. The smallest absolute Gasteiger partial charge is 0.322 e. The van der Waals surface area contributed by atoms with E-state index in [9.17, 15) is 14.0 Å². The van der Waals surface area contributed by atoms with Crippen LogP contribution in [0.5, 0.6) is 0 Å². The molecule has 0 saturated heterocycles. The van der Waals surface area contributed by atoms with Crippen LogP contribution in [0.2, 0.25) is 15.1 Å². The summed E-state index contributed by atoms with van der Waals surface area (Å²) in [5, 5.41) is 21.0. The van der Waals surface area contributed by atoms with E-state index in [4.69, 9.17) is 45.2 Å². The number of nitriles is 1. The molecule has 36 heavy (non-hydrogen) atoms. The van der Waals surface area contributed by atoms with Gasteiger partial charge in [0.05, 0.1) is 39.0 Å². The summed E-state index contributed by atoms with van der Waals surface area (Å²) in [5.74, 6) is -2.10. The Morgan fingerprint density at radius 2 is 1.69 bits per heavy atom. The highest BCUT2D eigenvalue weighted by atomic mass is 35.5. The molecule has 1 aromatic heterocycles. The van der Waals surface area contributed by atoms with Gasteiger partial charge in [-0.2, -0.15) is 5.26 Å². The number of hydrogen-bond acceptors (Lipinski definition) is 4. The minimum absolute atomic E-state index is 0.0853. The molecule has 0 aliphatic carbocycles. The Bertz CT molecular complexity index is 1500. The molecule has 0 unspecified atom stereocenters. The number of aliphatic carboxylic acids is 1. The molecule has 0 fully saturated rings. The van der Waals surface area contributed by atoms with Gasteiger partial charge < -0.3 is 10.4 Å². The summed E-state index contributed by atoms with van der Waals surface area (Å²) in [6.45, 7) is 1.44. The number of carbonyl (C=O) groups is 2. The van der Waals surface area contributed by atoms with Crippen LogP contribution in [0.4, 0.5) is 4.39 Å². The molecule has 4 aromatic rings. The predicted octanol–water partition coefficient (Wildman–Crippen LogP) is 6.68. The van der Waals surface area contributed by atoms with E-state index in [0.717, 1.165) is 22.1 Å². The maximum atomic E-state index is 13.4. The largest absolute Gasteiger partial charge is 0.480 e. The quantitative estimate of drug-likeness (QED) is 0.298. The Morgan fingerprint density at radius 1 is 1.03 bits per heavy atom. The van der Waals surface area contributed by atoms with Gasteiger partial charge in [-0.15, -0.1) is 0 Å². The number of carboxylic acids is 1. The Morgan fingerprint density at radius 3 is 2.31 bits per heavy atom. The molecule has 3 aromatic carbocycles. The zero-order valence-corrected chi connectivity index (χ0v) is 20.9. The lowest BCUT2D eigenvalue weighted by atomic mass is 9.98. The van der Waals surface area contributed by atoms with E-state index >= 15 is 0 Å². The van der Waals surface area contributed by atoms with Gasteiger partial charge in [0.2, 0.25) is 0 Å². The maximum Gasteiger partial charge on any atom is 0.322 e. The predicted molar refractivity (Wildman–Crippen MR) is 138 cm³/mol. The number of rotatable bonds is 4. The zero-order chi connectivity index (χ0) is 26.4. The van der Waals surface area contributed by atoms with Gasteiger partial charge in [-0.05, 0) is 42.8 Å². The number of fused-ring (bicyclic) bond motifs is 1. The molecule has 10 heteroatoms. The van der Waals surface area contributed by atoms with Gasteiger partial charge >= 0.3 is 5.97 Å². The molecule has 6 nitrogen and oxygen atoms in total. The number of nitrogens with zero attached hydrogens (tertiary/aromatic N) is 2. The minimum Gasteiger partial charge on any atom is -0.480 e. The van der Waals surface area contributed by atoms with Gasteiger partial charge in [-0.25, -0.2) is 4.39 Å². The van der Waals surface area contributed by atoms with Crippen molar-refractivity contribution in [2.24, 2.45) is 0 Å². The van der Waals surface area contributed by atoms with E-state index < -0.39 is 18.4 Å². The van der Waals surface area contributed by atoms with E-state index in [1.807, 2.05) is 19.1 Å². The molecular weight excluding hydrogens is 528 g/mol. The molecule has 1 amide bonds. The summed E-state index contributed by atoms with van der Waals surface area (Å²) in [6, 6.07) is 17.1. The number of carbonyl (C=O) groups excluding carboxylic acids is 1. The third-order valence-corrected chi connectivity index (χ3v) is 5.96. The van der Waals surface area contributed by atoms with E-state index in [1.165, 1.54) is 24.4 Å². The van der Waals surface area contributed by atoms with Crippen molar-refractivity contribution in [3.63, 3.8) is 0 Å². The van der Waals surface area contributed by atoms with Crippen LogP contribution in [0, 0.1) is 24.1 Å². The number of aryl methyl sites for hydroxylation is 1. The van der Waals surface area contributed by atoms with E-state index in [1.54, 1.807) is 24.3 Å². The van der Waals surface area contributed by atoms with Crippen LogP contribution in [-0.2, 0) is 4.79 Å². The number of nitrogens with one attached hydrogen (secondary N) is 1. The number of aromatic nitrogens is 1. The van der Waals surface area contributed by atoms with Crippen LogP contribution in [0.3, 0.4) is 0 Å². The minimum atomic E-state index is -1.13. The van der Waals surface area contributed by atoms with Gasteiger partial charge in [0.15, 0.2) is 0 Å². The topological polar surface area (TPSA) is 103 Å². The first-order valence-electron chi connectivity index (χ1n) is 10.3. The number of hydrogen-bond donors (Lipinski definition) is 2. The summed E-state index contributed by atoms with van der Waals surface area (Å²) in [6.07, 6.45) is 1.20. The number of halogens is 4. The molecule has 0 saturated carbocycles. The standard InChI is InChI=1S/C17H10ClFN2.C9H7Cl2NO3/c1-10-2-4-14(17-15(10)7-12(19)9-21-17)13-5-3-11(8-20)6-16(13)18;10-5-2-1-3-6(11)8(5)9(15)12-4-7(13)14/h2-7,9H,1H3;1-3H,4H2,(H,12,15)(H,13,14). The Hall–Kier alpha value is -3.70. The van der Waals surface area contributed by atoms with Crippen LogP contribution in [0.1, 0.15) is 21.5 Å². The summed E-state index contributed by atoms with van der Waals surface area (Å²) in [5.41, 5.74) is 3.83. The highest BCUT2D eigenvalue weighted by Crippen LogP contribution is 2.34. The van der Waals surface area contributed by atoms with E-state index in [2.05, 4.69) is 16.4 Å². The van der Waals surface area contributed by atoms with Gasteiger partial charge in [-0.1, -0.05) is 59.1 Å².